The zero-order chi connectivity index (χ0) is 46.4. The zero-order valence-corrected chi connectivity index (χ0v) is 39.3. The largest absolute Gasteiger partial charge is 0.485 e. The smallest absolute Gasteiger partial charge is 0.260 e. The lowest BCUT2D eigenvalue weighted by Gasteiger charge is -2.49. The summed E-state index contributed by atoms with van der Waals surface area (Å²) >= 11 is 0. The SMILES string of the molecule is O=C(N1CC2(CC[C@@H](N3CCC(c4ccccc4OCc4ncccn4)CC3)C2)C1)C1(F)CC1.O=C(N1CC2(CC[C@H](N3CCC(c4ccccc4OCc4ncccn4)CC3)C2)C1)C1(F)CC1. The number of carbonyl (C=O) groups excluding carboxylic acids is 2. The third-order valence-corrected chi connectivity index (χ3v) is 16.9. The van der Waals surface area contributed by atoms with Gasteiger partial charge in [-0.05, 0) is 163 Å². The highest BCUT2D eigenvalue weighted by atomic mass is 19.1. The van der Waals surface area contributed by atoms with E-state index in [1.165, 1.54) is 36.8 Å². The first-order valence-electron chi connectivity index (χ1n) is 25.5. The molecule has 2 atom stereocenters. The predicted molar refractivity (Wildman–Crippen MR) is 252 cm³/mol. The van der Waals surface area contributed by atoms with Gasteiger partial charge < -0.3 is 29.1 Å². The Morgan fingerprint density at radius 1 is 0.515 bits per heavy atom. The Labute approximate surface area is 399 Å². The highest BCUT2D eigenvalue weighted by Crippen LogP contribution is 2.53. The number of hydrogen-bond donors (Lipinski definition) is 0. The van der Waals surface area contributed by atoms with E-state index in [-0.39, 0.29) is 22.6 Å². The highest BCUT2D eigenvalue weighted by molar-refractivity contribution is 5.89. The summed E-state index contributed by atoms with van der Waals surface area (Å²) < 4.78 is 40.5. The number of alkyl halides is 2. The maximum Gasteiger partial charge on any atom is 0.260 e. The molecule has 2 aromatic carbocycles. The Morgan fingerprint density at radius 2 is 0.882 bits per heavy atom. The van der Waals surface area contributed by atoms with E-state index >= 15 is 0 Å². The first-order valence-corrected chi connectivity index (χ1v) is 25.5. The molecule has 2 spiro atoms. The van der Waals surface area contributed by atoms with Gasteiger partial charge in [-0.25, -0.2) is 28.7 Å². The summed E-state index contributed by atoms with van der Waals surface area (Å²) in [5, 5.41) is 0. The third kappa shape index (κ3) is 9.60. The number of amides is 2. The second kappa shape index (κ2) is 18.7. The molecule has 4 aliphatic heterocycles. The summed E-state index contributed by atoms with van der Waals surface area (Å²) in [5.74, 6) is 3.76. The van der Waals surface area contributed by atoms with Crippen LogP contribution in [0.25, 0.3) is 0 Å². The minimum absolute atomic E-state index is 0.238. The van der Waals surface area contributed by atoms with Crippen molar-refractivity contribution in [1.29, 1.82) is 0 Å². The summed E-state index contributed by atoms with van der Waals surface area (Å²) in [6.07, 6.45) is 20.2. The Morgan fingerprint density at radius 3 is 1.25 bits per heavy atom. The van der Waals surface area contributed by atoms with Crippen molar-refractivity contribution in [1.82, 2.24) is 39.5 Å². The van der Waals surface area contributed by atoms with Crippen molar-refractivity contribution < 1.29 is 27.8 Å². The van der Waals surface area contributed by atoms with Crippen molar-refractivity contribution in [2.24, 2.45) is 10.8 Å². The van der Waals surface area contributed by atoms with Crippen molar-refractivity contribution >= 4 is 11.8 Å². The van der Waals surface area contributed by atoms with E-state index in [0.29, 0.717) is 74.5 Å². The summed E-state index contributed by atoms with van der Waals surface area (Å²) in [4.78, 5) is 50.5. The van der Waals surface area contributed by atoms with Gasteiger partial charge in [0.15, 0.2) is 23.0 Å². The Bertz CT molecular complexity index is 2230. The third-order valence-electron chi connectivity index (χ3n) is 16.9. The Hall–Kier alpha value is -5.08. The minimum Gasteiger partial charge on any atom is -0.485 e. The van der Waals surface area contributed by atoms with E-state index in [1.54, 1.807) is 34.6 Å². The molecule has 360 valence electrons. The number of rotatable bonds is 12. The fraction of sp³-hybridized carbons (Fsp3) is 0.593. The Kier molecular flexibility index (Phi) is 12.5. The predicted octanol–water partition coefficient (Wildman–Crippen LogP) is 8.24. The molecule has 0 radical (unpaired) electrons. The molecular formula is C54H66F2N8O4. The first kappa shape index (κ1) is 45.4. The molecule has 8 aliphatic rings. The number of para-hydroxylation sites is 2. The van der Waals surface area contributed by atoms with Gasteiger partial charge in [0.1, 0.15) is 24.7 Å². The fourth-order valence-electron chi connectivity index (χ4n) is 12.7. The Balaban J connectivity index is 0.000000149. The van der Waals surface area contributed by atoms with Crippen molar-refractivity contribution in [2.75, 3.05) is 52.4 Å². The average molecular weight is 929 g/mol. The summed E-state index contributed by atoms with van der Waals surface area (Å²) in [5.41, 5.74) is 0.0133. The topological polar surface area (TPSA) is 117 Å². The lowest BCUT2D eigenvalue weighted by Crippen LogP contribution is -2.60. The lowest BCUT2D eigenvalue weighted by atomic mass is 9.77. The van der Waals surface area contributed by atoms with E-state index in [0.717, 1.165) is 102 Å². The van der Waals surface area contributed by atoms with Crippen molar-refractivity contribution in [3.63, 3.8) is 0 Å². The normalized spacial score (nSPS) is 25.8. The van der Waals surface area contributed by atoms with Gasteiger partial charge in [0.05, 0.1) is 0 Å². The maximum absolute atomic E-state index is 14.1. The van der Waals surface area contributed by atoms with Crippen LogP contribution in [-0.4, -0.2) is 127 Å². The minimum atomic E-state index is -1.52. The van der Waals surface area contributed by atoms with Gasteiger partial charge in [-0.3, -0.25) is 9.59 Å². The van der Waals surface area contributed by atoms with E-state index < -0.39 is 11.3 Å². The van der Waals surface area contributed by atoms with Crippen LogP contribution in [0.15, 0.2) is 85.5 Å². The fourth-order valence-corrected chi connectivity index (χ4v) is 12.7. The number of hydrogen-bond acceptors (Lipinski definition) is 10. The molecule has 2 aromatic heterocycles. The molecule has 12 nitrogen and oxygen atoms in total. The molecule has 0 N–H and O–H groups in total. The second-order valence-corrected chi connectivity index (χ2v) is 21.6. The van der Waals surface area contributed by atoms with Gasteiger partial charge in [0, 0.05) is 73.9 Å². The number of aromatic nitrogens is 4. The number of likely N-dealkylation sites (tertiary alicyclic amines) is 4. The molecule has 4 saturated heterocycles. The number of benzene rings is 2. The number of carbonyl (C=O) groups is 2. The number of halogens is 2. The quantitative estimate of drug-likeness (QED) is 0.138. The summed E-state index contributed by atoms with van der Waals surface area (Å²) in [7, 11) is 0. The summed E-state index contributed by atoms with van der Waals surface area (Å²) in [6, 6.07) is 21.6. The van der Waals surface area contributed by atoms with Crippen LogP contribution >= 0.6 is 0 Å². The molecule has 6 heterocycles. The molecule has 0 bridgehead atoms. The van der Waals surface area contributed by atoms with Crippen molar-refractivity contribution in [3.8, 4) is 11.5 Å². The second-order valence-electron chi connectivity index (χ2n) is 21.6. The average Bonchev–Trinajstić information content (AvgIpc) is 4.18. The van der Waals surface area contributed by atoms with Crippen LogP contribution in [0.1, 0.15) is 125 Å². The number of ether oxygens (including phenoxy) is 2. The van der Waals surface area contributed by atoms with E-state index in [1.807, 2.05) is 24.3 Å². The van der Waals surface area contributed by atoms with Crippen LogP contribution in [0.5, 0.6) is 11.5 Å². The van der Waals surface area contributed by atoms with Crippen molar-refractivity contribution in [2.45, 2.75) is 138 Å². The molecule has 4 saturated carbocycles. The van der Waals surface area contributed by atoms with E-state index in [2.05, 4.69) is 66.1 Å². The first-order chi connectivity index (χ1) is 33.1. The zero-order valence-electron chi connectivity index (χ0n) is 39.3. The molecule has 4 aliphatic carbocycles. The maximum atomic E-state index is 14.1. The number of nitrogens with zero attached hydrogens (tertiary/aromatic N) is 8. The van der Waals surface area contributed by atoms with Crippen LogP contribution in [0.4, 0.5) is 8.78 Å². The molecule has 14 heteroatoms. The van der Waals surface area contributed by atoms with Crippen LogP contribution in [0.3, 0.4) is 0 Å². The molecule has 2 amide bonds. The monoisotopic (exact) mass is 929 g/mol. The molecule has 4 aromatic rings. The van der Waals surface area contributed by atoms with E-state index in [9.17, 15) is 18.4 Å². The van der Waals surface area contributed by atoms with Crippen molar-refractivity contribution in [3.05, 3.63) is 108 Å². The van der Waals surface area contributed by atoms with Gasteiger partial charge in [-0.2, -0.15) is 0 Å². The molecule has 12 rings (SSSR count). The standard InChI is InChI=1S/2C27H33FN4O2/c2*28-27(10-11-27)25(33)32-18-26(19-32)9-6-21(16-26)31-14-7-20(8-15-31)22-4-1-2-5-23(22)34-17-24-29-12-3-13-30-24/h2*1-5,12-13,20-21H,6-11,14-19H2/t2*21-/m10/s1. The van der Waals surface area contributed by atoms with Crippen LogP contribution in [0.2, 0.25) is 0 Å². The number of piperidine rings is 2. The van der Waals surface area contributed by atoms with Crippen LogP contribution in [0, 0.1) is 10.8 Å². The van der Waals surface area contributed by atoms with Gasteiger partial charge in [0.25, 0.3) is 11.8 Å². The van der Waals surface area contributed by atoms with Gasteiger partial charge in [-0.1, -0.05) is 36.4 Å². The molecule has 0 unspecified atom stereocenters. The van der Waals surface area contributed by atoms with Crippen LogP contribution < -0.4 is 9.47 Å². The van der Waals surface area contributed by atoms with E-state index in [4.69, 9.17) is 9.47 Å². The van der Waals surface area contributed by atoms with Crippen LogP contribution in [-0.2, 0) is 22.8 Å². The summed E-state index contributed by atoms with van der Waals surface area (Å²) in [6.45, 7) is 8.19. The molecule has 68 heavy (non-hydrogen) atoms. The van der Waals surface area contributed by atoms with Gasteiger partial charge in [-0.15, -0.1) is 0 Å². The lowest BCUT2D eigenvalue weighted by molar-refractivity contribution is -0.151. The highest BCUT2D eigenvalue weighted by Gasteiger charge is 2.60. The molecule has 8 fully saturated rings. The van der Waals surface area contributed by atoms with Gasteiger partial charge >= 0.3 is 0 Å². The molecular weight excluding hydrogens is 863 g/mol. The van der Waals surface area contributed by atoms with Gasteiger partial charge in [0.2, 0.25) is 0 Å².